The number of para-hydroxylation sites is 1. The summed E-state index contributed by atoms with van der Waals surface area (Å²) in [5.74, 6) is -0.655. The van der Waals surface area contributed by atoms with Crippen LogP contribution in [0.15, 0.2) is 24.3 Å². The summed E-state index contributed by atoms with van der Waals surface area (Å²) in [6, 6.07) is 7.43. The Balaban J connectivity index is 1.67. The van der Waals surface area contributed by atoms with Crippen LogP contribution in [0.3, 0.4) is 0 Å². The number of ether oxygens (including phenoxy) is 1. The highest BCUT2D eigenvalue weighted by Gasteiger charge is 2.35. The first kappa shape index (κ1) is 15.9. The van der Waals surface area contributed by atoms with Gasteiger partial charge in [-0.25, -0.2) is 9.48 Å². The van der Waals surface area contributed by atoms with Gasteiger partial charge in [0.15, 0.2) is 5.69 Å². The van der Waals surface area contributed by atoms with E-state index in [-0.39, 0.29) is 18.0 Å². The Kier molecular flexibility index (Phi) is 3.82. The number of hydrogen-bond donors (Lipinski definition) is 1. The molecule has 25 heavy (non-hydrogen) atoms. The van der Waals surface area contributed by atoms with E-state index in [1.165, 1.54) is 0 Å². The molecule has 1 aliphatic carbocycles. The number of nitrogens with one attached hydrogen (secondary N) is 1. The number of cyclic esters (lactones) is 1. The number of aryl methyl sites for hydroxylation is 1. The van der Waals surface area contributed by atoms with E-state index in [0.717, 1.165) is 41.8 Å². The van der Waals surface area contributed by atoms with Gasteiger partial charge in [-0.1, -0.05) is 18.2 Å². The van der Waals surface area contributed by atoms with Crippen LogP contribution in [0.1, 0.15) is 47.1 Å². The van der Waals surface area contributed by atoms with E-state index in [0.29, 0.717) is 12.1 Å². The lowest BCUT2D eigenvalue weighted by atomic mass is 10.1. The summed E-state index contributed by atoms with van der Waals surface area (Å²) in [7, 11) is 0. The molecule has 2 heterocycles. The van der Waals surface area contributed by atoms with Crippen LogP contribution >= 0.6 is 0 Å². The molecule has 2 atom stereocenters. The van der Waals surface area contributed by atoms with Crippen molar-refractivity contribution in [3.63, 3.8) is 0 Å². The van der Waals surface area contributed by atoms with Gasteiger partial charge < -0.3 is 10.1 Å². The van der Waals surface area contributed by atoms with Crippen molar-refractivity contribution in [3.8, 4) is 5.69 Å². The molecule has 1 aromatic heterocycles. The molecule has 0 radical (unpaired) electrons. The number of benzene rings is 1. The third kappa shape index (κ3) is 2.71. The summed E-state index contributed by atoms with van der Waals surface area (Å²) < 4.78 is 7.01. The maximum Gasteiger partial charge on any atom is 0.329 e. The van der Waals surface area contributed by atoms with Crippen molar-refractivity contribution < 1.29 is 14.3 Å². The van der Waals surface area contributed by atoms with Crippen molar-refractivity contribution >= 4 is 11.9 Å². The molecule has 1 aromatic carbocycles. The SMILES string of the molecule is Cc1ccccc1-n1nc(C(=O)N[C@H]2C[C@H](C)OC2=O)c2c1CCC2. The van der Waals surface area contributed by atoms with Crippen molar-refractivity contribution in [2.45, 2.75) is 51.7 Å². The van der Waals surface area contributed by atoms with E-state index < -0.39 is 6.04 Å². The van der Waals surface area contributed by atoms with Crippen molar-refractivity contribution in [2.75, 3.05) is 0 Å². The van der Waals surface area contributed by atoms with Gasteiger partial charge in [-0.05, 0) is 44.7 Å². The van der Waals surface area contributed by atoms with E-state index in [2.05, 4.69) is 10.4 Å². The van der Waals surface area contributed by atoms with E-state index in [4.69, 9.17) is 4.74 Å². The lowest BCUT2D eigenvalue weighted by Gasteiger charge is -2.09. The number of esters is 1. The van der Waals surface area contributed by atoms with Gasteiger partial charge in [-0.2, -0.15) is 5.10 Å². The average molecular weight is 339 g/mol. The molecule has 1 amide bonds. The number of nitrogens with zero attached hydrogens (tertiary/aromatic N) is 2. The molecule has 0 spiro atoms. The summed E-state index contributed by atoms with van der Waals surface area (Å²) >= 11 is 0. The molecule has 1 aliphatic heterocycles. The van der Waals surface area contributed by atoms with Crippen LogP contribution in [0.2, 0.25) is 0 Å². The van der Waals surface area contributed by atoms with Gasteiger partial charge in [-0.3, -0.25) is 4.79 Å². The second kappa shape index (κ2) is 6.02. The largest absolute Gasteiger partial charge is 0.461 e. The highest BCUT2D eigenvalue weighted by atomic mass is 16.6. The second-order valence-corrected chi connectivity index (χ2v) is 6.83. The standard InChI is InChI=1S/C19H21N3O3/c1-11-6-3-4-8-15(11)22-16-9-5-7-13(16)17(21-22)18(23)20-14-10-12(2)25-19(14)24/h3-4,6,8,12,14H,5,7,9-10H2,1-2H3,(H,20,23)/t12-,14-/m0/s1. The Bertz CT molecular complexity index is 856. The molecule has 0 bridgehead atoms. The minimum atomic E-state index is -0.580. The highest BCUT2D eigenvalue weighted by Crippen LogP contribution is 2.29. The summed E-state index contributed by atoms with van der Waals surface area (Å²) in [5, 5.41) is 7.40. The maximum absolute atomic E-state index is 12.7. The fraction of sp³-hybridized carbons (Fsp3) is 0.421. The molecular formula is C19H21N3O3. The first-order valence-electron chi connectivity index (χ1n) is 8.72. The minimum absolute atomic E-state index is 0.159. The van der Waals surface area contributed by atoms with Crippen LogP contribution in [0.25, 0.3) is 5.69 Å². The molecule has 1 N–H and O–H groups in total. The quantitative estimate of drug-likeness (QED) is 0.869. The van der Waals surface area contributed by atoms with Gasteiger partial charge in [0.1, 0.15) is 12.1 Å². The summed E-state index contributed by atoms with van der Waals surface area (Å²) in [4.78, 5) is 24.5. The Morgan fingerprint density at radius 3 is 2.84 bits per heavy atom. The van der Waals surface area contributed by atoms with Crippen molar-refractivity contribution in [1.82, 2.24) is 15.1 Å². The zero-order valence-electron chi connectivity index (χ0n) is 14.4. The third-order valence-electron chi connectivity index (χ3n) is 4.96. The molecular weight excluding hydrogens is 318 g/mol. The Labute approximate surface area is 146 Å². The van der Waals surface area contributed by atoms with Gasteiger partial charge in [-0.15, -0.1) is 0 Å². The van der Waals surface area contributed by atoms with Gasteiger partial charge in [0, 0.05) is 17.7 Å². The highest BCUT2D eigenvalue weighted by molar-refractivity contribution is 5.97. The molecule has 130 valence electrons. The lowest BCUT2D eigenvalue weighted by Crippen LogP contribution is -2.38. The fourth-order valence-corrected chi connectivity index (χ4v) is 3.72. The third-order valence-corrected chi connectivity index (χ3v) is 4.96. The molecule has 1 saturated heterocycles. The number of carbonyl (C=O) groups excluding carboxylic acids is 2. The predicted octanol–water partition coefficient (Wildman–Crippen LogP) is 2.10. The smallest absolute Gasteiger partial charge is 0.329 e. The number of rotatable bonds is 3. The summed E-state index contributed by atoms with van der Waals surface area (Å²) in [6.45, 7) is 3.86. The number of aromatic nitrogens is 2. The number of fused-ring (bicyclic) bond motifs is 1. The summed E-state index contributed by atoms with van der Waals surface area (Å²) in [6.07, 6.45) is 3.11. The van der Waals surface area contributed by atoms with Crippen LogP contribution in [0.4, 0.5) is 0 Å². The van der Waals surface area contributed by atoms with E-state index in [9.17, 15) is 9.59 Å². The van der Waals surface area contributed by atoms with Crippen LogP contribution in [-0.2, 0) is 22.4 Å². The molecule has 0 unspecified atom stereocenters. The van der Waals surface area contributed by atoms with Crippen molar-refractivity contribution in [3.05, 3.63) is 46.8 Å². The topological polar surface area (TPSA) is 73.2 Å². The van der Waals surface area contributed by atoms with Crippen LogP contribution in [-0.4, -0.2) is 33.8 Å². The van der Waals surface area contributed by atoms with Crippen LogP contribution in [0.5, 0.6) is 0 Å². The molecule has 1 fully saturated rings. The normalized spacial score (nSPS) is 21.9. The lowest BCUT2D eigenvalue weighted by molar-refractivity contribution is -0.142. The zero-order chi connectivity index (χ0) is 17.6. The van der Waals surface area contributed by atoms with E-state index >= 15 is 0 Å². The molecule has 0 saturated carbocycles. The number of hydrogen-bond acceptors (Lipinski definition) is 4. The van der Waals surface area contributed by atoms with Gasteiger partial charge in [0.05, 0.1) is 5.69 Å². The number of amides is 1. The molecule has 6 heteroatoms. The first-order valence-corrected chi connectivity index (χ1v) is 8.72. The zero-order valence-corrected chi connectivity index (χ0v) is 14.4. The molecule has 2 aromatic rings. The monoisotopic (exact) mass is 339 g/mol. The molecule has 2 aliphatic rings. The Morgan fingerprint density at radius 2 is 2.12 bits per heavy atom. The molecule has 6 nitrogen and oxygen atoms in total. The van der Waals surface area contributed by atoms with Crippen LogP contribution in [0, 0.1) is 6.92 Å². The minimum Gasteiger partial charge on any atom is -0.461 e. The number of carbonyl (C=O) groups is 2. The van der Waals surface area contributed by atoms with Gasteiger partial charge in [0.25, 0.3) is 5.91 Å². The Morgan fingerprint density at radius 1 is 1.32 bits per heavy atom. The summed E-state index contributed by atoms with van der Waals surface area (Å²) in [5.41, 5.74) is 4.64. The second-order valence-electron chi connectivity index (χ2n) is 6.83. The van der Waals surface area contributed by atoms with Gasteiger partial charge >= 0.3 is 5.97 Å². The first-order chi connectivity index (χ1) is 12.0. The van der Waals surface area contributed by atoms with Crippen LogP contribution < -0.4 is 5.32 Å². The maximum atomic E-state index is 12.7. The fourth-order valence-electron chi connectivity index (χ4n) is 3.72. The Hall–Kier alpha value is -2.63. The van der Waals surface area contributed by atoms with E-state index in [1.54, 1.807) is 0 Å². The predicted molar refractivity (Wildman–Crippen MR) is 91.8 cm³/mol. The average Bonchev–Trinajstić information content (AvgIpc) is 3.24. The van der Waals surface area contributed by atoms with E-state index in [1.807, 2.05) is 42.8 Å². The van der Waals surface area contributed by atoms with Gasteiger partial charge in [0.2, 0.25) is 0 Å². The van der Waals surface area contributed by atoms with Crippen molar-refractivity contribution in [1.29, 1.82) is 0 Å². The molecule has 4 rings (SSSR count). The van der Waals surface area contributed by atoms with Crippen molar-refractivity contribution in [2.24, 2.45) is 0 Å².